The van der Waals surface area contributed by atoms with Crippen molar-refractivity contribution in [1.29, 1.82) is 0 Å². The lowest BCUT2D eigenvalue weighted by molar-refractivity contribution is -0.186. The van der Waals surface area contributed by atoms with Crippen LogP contribution in [0.3, 0.4) is 0 Å². The third-order valence-corrected chi connectivity index (χ3v) is 5.44. The van der Waals surface area contributed by atoms with Gasteiger partial charge in [0.25, 0.3) is 0 Å². The fourth-order valence-electron chi connectivity index (χ4n) is 2.70. The lowest BCUT2D eigenvalue weighted by atomic mass is 9.97. The van der Waals surface area contributed by atoms with Gasteiger partial charge < -0.3 is 5.32 Å². The zero-order chi connectivity index (χ0) is 19.5. The molecule has 0 bridgehead atoms. The molecule has 1 fully saturated rings. The van der Waals surface area contributed by atoms with Gasteiger partial charge in [-0.25, -0.2) is 8.42 Å². The molecule has 0 radical (unpaired) electrons. The van der Waals surface area contributed by atoms with Crippen LogP contribution >= 0.6 is 0 Å². The molecule has 2 rings (SSSR count). The van der Waals surface area contributed by atoms with Crippen molar-refractivity contribution in [2.24, 2.45) is 5.92 Å². The summed E-state index contributed by atoms with van der Waals surface area (Å²) in [6, 6.07) is 4.14. The van der Waals surface area contributed by atoms with Gasteiger partial charge in [0.1, 0.15) is 0 Å². The molecule has 1 amide bonds. The van der Waals surface area contributed by atoms with Gasteiger partial charge in [0.2, 0.25) is 15.7 Å². The summed E-state index contributed by atoms with van der Waals surface area (Å²) in [6.45, 7) is -0.141. The first-order valence-corrected chi connectivity index (χ1v) is 9.26. The monoisotopic (exact) mass is 400 g/mol. The Morgan fingerprint density at radius 2 is 1.85 bits per heavy atom. The molecule has 11 heteroatoms. The topological polar surface area (TPSA) is 66.5 Å². The van der Waals surface area contributed by atoms with E-state index in [1.165, 1.54) is 4.90 Å². The number of carbonyl (C=O) groups is 1. The van der Waals surface area contributed by atoms with E-state index in [0.717, 1.165) is 24.3 Å². The number of amides is 1. The second-order valence-corrected chi connectivity index (χ2v) is 7.91. The van der Waals surface area contributed by atoms with Crippen LogP contribution in [0.5, 0.6) is 0 Å². The van der Waals surface area contributed by atoms with E-state index in [4.69, 9.17) is 0 Å². The van der Waals surface area contributed by atoms with Gasteiger partial charge in [-0.15, -0.1) is 0 Å². The molecule has 0 aliphatic carbocycles. The minimum Gasteiger partial charge on any atom is -0.325 e. The molecule has 1 aliphatic heterocycles. The first-order valence-electron chi connectivity index (χ1n) is 7.71. The van der Waals surface area contributed by atoms with Gasteiger partial charge in [-0.1, -0.05) is 0 Å². The first-order chi connectivity index (χ1) is 12.0. The smallest absolute Gasteiger partial charge is 0.325 e. The number of piperidine rings is 1. The van der Waals surface area contributed by atoms with Crippen LogP contribution in [0.2, 0.25) is 0 Å². The van der Waals surface area contributed by atoms with Gasteiger partial charge in [-0.05, 0) is 43.7 Å². The highest BCUT2D eigenvalue weighted by Gasteiger charge is 2.41. The Morgan fingerprint density at radius 1 is 1.23 bits per heavy atom. The molecule has 1 aliphatic rings. The third kappa shape index (κ3) is 5.13. The molecule has 26 heavy (non-hydrogen) atoms. The largest absolute Gasteiger partial charge is 0.393 e. The summed E-state index contributed by atoms with van der Waals surface area (Å²) in [5.74, 6) is -5.59. The van der Waals surface area contributed by atoms with Crippen LogP contribution in [0.4, 0.5) is 27.6 Å². The van der Waals surface area contributed by atoms with Crippen LogP contribution in [0.15, 0.2) is 29.2 Å². The SMILES string of the molecule is O=C(CN1CCCC(C(F)(F)F)C1)Nc1ccc(S(=O)(=O)C(F)F)cc1. The molecule has 0 spiro atoms. The molecule has 1 unspecified atom stereocenters. The Labute approximate surface area is 147 Å². The second-order valence-electron chi connectivity index (χ2n) is 5.99. The number of nitrogens with zero attached hydrogens (tertiary/aromatic N) is 1. The number of hydrogen-bond donors (Lipinski definition) is 1. The number of anilines is 1. The average Bonchev–Trinajstić information content (AvgIpc) is 2.54. The zero-order valence-corrected chi connectivity index (χ0v) is 14.3. The van der Waals surface area contributed by atoms with Crippen LogP contribution in [-0.4, -0.2) is 50.8 Å². The molecule has 1 N–H and O–H groups in total. The van der Waals surface area contributed by atoms with Gasteiger partial charge in [0.15, 0.2) is 0 Å². The van der Waals surface area contributed by atoms with Crippen LogP contribution in [0.25, 0.3) is 0 Å². The molecule has 1 saturated heterocycles. The third-order valence-electron chi connectivity index (χ3n) is 4.04. The van der Waals surface area contributed by atoms with Crippen molar-refractivity contribution in [3.05, 3.63) is 24.3 Å². The highest BCUT2D eigenvalue weighted by atomic mass is 32.2. The van der Waals surface area contributed by atoms with Crippen LogP contribution in [0.1, 0.15) is 12.8 Å². The maximum Gasteiger partial charge on any atom is 0.393 e. The number of alkyl halides is 5. The van der Waals surface area contributed by atoms with Crippen LogP contribution in [-0.2, 0) is 14.6 Å². The minimum absolute atomic E-state index is 0.0295. The quantitative estimate of drug-likeness (QED) is 0.772. The van der Waals surface area contributed by atoms with Crippen molar-refractivity contribution in [1.82, 2.24) is 4.90 Å². The van der Waals surface area contributed by atoms with E-state index in [2.05, 4.69) is 5.32 Å². The Bertz CT molecular complexity index is 735. The molecule has 146 valence electrons. The van der Waals surface area contributed by atoms with Crippen molar-refractivity contribution in [3.63, 3.8) is 0 Å². The highest BCUT2D eigenvalue weighted by Crippen LogP contribution is 2.33. The van der Waals surface area contributed by atoms with Gasteiger partial charge >= 0.3 is 11.9 Å². The van der Waals surface area contributed by atoms with Crippen molar-refractivity contribution < 1.29 is 35.2 Å². The number of carbonyl (C=O) groups excluding carboxylic acids is 1. The number of nitrogens with one attached hydrogen (secondary N) is 1. The summed E-state index contributed by atoms with van der Waals surface area (Å²) in [4.78, 5) is 12.8. The van der Waals surface area contributed by atoms with E-state index >= 15 is 0 Å². The Balaban J connectivity index is 1.94. The van der Waals surface area contributed by atoms with E-state index in [9.17, 15) is 35.2 Å². The predicted molar refractivity (Wildman–Crippen MR) is 83.5 cm³/mol. The van der Waals surface area contributed by atoms with Crippen LogP contribution in [0, 0.1) is 5.92 Å². The van der Waals surface area contributed by atoms with E-state index in [-0.39, 0.29) is 25.2 Å². The number of likely N-dealkylation sites (tertiary alicyclic amines) is 1. The fourth-order valence-corrected chi connectivity index (χ4v) is 3.42. The number of hydrogen-bond acceptors (Lipinski definition) is 4. The van der Waals surface area contributed by atoms with Gasteiger partial charge in [-0.3, -0.25) is 9.69 Å². The molecule has 5 nitrogen and oxygen atoms in total. The highest BCUT2D eigenvalue weighted by molar-refractivity contribution is 7.91. The Morgan fingerprint density at radius 3 is 2.38 bits per heavy atom. The lowest BCUT2D eigenvalue weighted by Gasteiger charge is -2.33. The van der Waals surface area contributed by atoms with Crippen LogP contribution < -0.4 is 5.32 Å². The van der Waals surface area contributed by atoms with Gasteiger partial charge in [-0.2, -0.15) is 22.0 Å². The Kier molecular flexibility index (Phi) is 6.22. The fraction of sp³-hybridized carbons (Fsp3) is 0.533. The first kappa shape index (κ1) is 20.6. The summed E-state index contributed by atoms with van der Waals surface area (Å²) < 4.78 is 85.8. The minimum atomic E-state index is -4.73. The normalized spacial score (nSPS) is 19.5. The molecule has 0 aromatic heterocycles. The number of benzene rings is 1. The maximum atomic E-state index is 12.8. The summed E-state index contributed by atoms with van der Waals surface area (Å²) in [7, 11) is -4.73. The van der Waals surface area contributed by atoms with Crippen molar-refractivity contribution in [3.8, 4) is 0 Å². The van der Waals surface area contributed by atoms with E-state index in [0.29, 0.717) is 13.0 Å². The van der Waals surface area contributed by atoms with Gasteiger partial charge in [0, 0.05) is 12.2 Å². The molecule has 1 atom stereocenters. The molecule has 1 heterocycles. The number of halogens is 5. The van der Waals surface area contributed by atoms with Crippen molar-refractivity contribution in [2.75, 3.05) is 25.0 Å². The molecular weight excluding hydrogens is 383 g/mol. The van der Waals surface area contributed by atoms with Gasteiger partial charge in [0.05, 0.1) is 17.4 Å². The lowest BCUT2D eigenvalue weighted by Crippen LogP contribution is -2.44. The van der Waals surface area contributed by atoms with Crippen molar-refractivity contribution >= 4 is 21.4 Å². The van der Waals surface area contributed by atoms with E-state index in [1.54, 1.807) is 0 Å². The molecule has 1 aromatic rings. The summed E-state index contributed by atoms with van der Waals surface area (Å²) in [5, 5.41) is 2.41. The summed E-state index contributed by atoms with van der Waals surface area (Å²) in [6.07, 6.45) is -3.94. The summed E-state index contributed by atoms with van der Waals surface area (Å²) >= 11 is 0. The van der Waals surface area contributed by atoms with Crippen molar-refractivity contribution in [2.45, 2.75) is 29.7 Å². The van der Waals surface area contributed by atoms with E-state index < -0.39 is 38.5 Å². The maximum absolute atomic E-state index is 12.8. The summed E-state index contributed by atoms with van der Waals surface area (Å²) in [5.41, 5.74) is 0.160. The van der Waals surface area contributed by atoms with E-state index in [1.807, 2.05) is 0 Å². The predicted octanol–water partition coefficient (Wildman–Crippen LogP) is 2.90. The molecular formula is C15H17F5N2O3S. The average molecular weight is 400 g/mol. The number of rotatable bonds is 5. The second kappa shape index (κ2) is 7.87. The standard InChI is InChI=1S/C15H17F5N2O3S/c16-14(17)26(24,25)12-5-3-11(4-6-12)21-13(23)9-22-7-1-2-10(8-22)15(18,19)20/h3-6,10,14H,1-2,7-9H2,(H,21,23). The zero-order valence-electron chi connectivity index (χ0n) is 13.5. The molecule has 0 saturated carbocycles. The molecule has 1 aromatic carbocycles. The Hall–Kier alpha value is -1.75. The number of sulfone groups is 1.